The Bertz CT molecular complexity index is 1170. The predicted octanol–water partition coefficient (Wildman–Crippen LogP) is 7.88. The van der Waals surface area contributed by atoms with Gasteiger partial charge in [0.05, 0.1) is 5.41 Å². The van der Waals surface area contributed by atoms with Crippen molar-refractivity contribution in [3.8, 4) is 11.1 Å². The summed E-state index contributed by atoms with van der Waals surface area (Å²) in [5.74, 6) is 0. The van der Waals surface area contributed by atoms with Crippen LogP contribution in [0.25, 0.3) is 11.1 Å². The Morgan fingerprint density at radius 3 is 1.93 bits per heavy atom. The average molecular weight is 391 g/mol. The van der Waals surface area contributed by atoms with Gasteiger partial charge in [-0.25, -0.2) is 0 Å². The lowest BCUT2D eigenvalue weighted by Crippen LogP contribution is -2.32. The van der Waals surface area contributed by atoms with Gasteiger partial charge in [0, 0.05) is 5.41 Å². The lowest BCUT2D eigenvalue weighted by Gasteiger charge is -2.37. The number of allylic oxidation sites excluding steroid dienone is 4. The molecule has 0 radical (unpaired) electrons. The zero-order valence-electron chi connectivity index (χ0n) is 18.7. The van der Waals surface area contributed by atoms with Gasteiger partial charge in [-0.15, -0.1) is 0 Å². The lowest BCUT2D eigenvalue weighted by atomic mass is 9.64. The van der Waals surface area contributed by atoms with Crippen LogP contribution in [0.2, 0.25) is 0 Å². The molecule has 0 saturated heterocycles. The summed E-state index contributed by atoms with van der Waals surface area (Å²) in [6.45, 7) is 10.9. The number of hydrogen-bond donors (Lipinski definition) is 0. The number of benzene rings is 3. The third kappa shape index (κ3) is 2.17. The topological polar surface area (TPSA) is 0 Å². The SMILES string of the molecule is CC.CC1=CCC2(C)C(=C1)C1(c3ccccc3-c3ccccc31)c1cc(C)ccc12. The van der Waals surface area contributed by atoms with E-state index in [0.29, 0.717) is 0 Å². The van der Waals surface area contributed by atoms with Crippen molar-refractivity contribution in [3.63, 3.8) is 0 Å². The minimum atomic E-state index is -0.168. The van der Waals surface area contributed by atoms with Crippen LogP contribution in [0.5, 0.6) is 0 Å². The van der Waals surface area contributed by atoms with E-state index in [1.807, 2.05) is 13.8 Å². The van der Waals surface area contributed by atoms with E-state index in [4.69, 9.17) is 0 Å². The van der Waals surface area contributed by atoms with Crippen LogP contribution in [0.3, 0.4) is 0 Å². The average Bonchev–Trinajstić information content (AvgIpc) is 3.19. The molecule has 3 aromatic rings. The largest absolute Gasteiger partial charge is 0.0804 e. The molecule has 1 atom stereocenters. The number of aryl methyl sites for hydroxylation is 1. The van der Waals surface area contributed by atoms with Gasteiger partial charge in [-0.1, -0.05) is 111 Å². The summed E-state index contributed by atoms with van der Waals surface area (Å²) >= 11 is 0. The normalized spacial score (nSPS) is 21.5. The molecule has 0 heterocycles. The molecule has 3 aliphatic rings. The molecule has 1 spiro atoms. The minimum Gasteiger partial charge on any atom is -0.0804 e. The summed E-state index contributed by atoms with van der Waals surface area (Å²) in [5.41, 5.74) is 12.8. The fraction of sp³-hybridized carbons (Fsp3) is 0.267. The molecule has 0 nitrogen and oxygen atoms in total. The smallest absolute Gasteiger partial charge is 0.0688 e. The van der Waals surface area contributed by atoms with Crippen molar-refractivity contribution in [3.05, 3.63) is 118 Å². The molecule has 0 aromatic heterocycles. The Morgan fingerprint density at radius 2 is 1.30 bits per heavy atom. The summed E-state index contributed by atoms with van der Waals surface area (Å²) < 4.78 is 0. The van der Waals surface area contributed by atoms with Crippen molar-refractivity contribution in [2.24, 2.45) is 0 Å². The van der Waals surface area contributed by atoms with Gasteiger partial charge in [0.1, 0.15) is 0 Å². The monoisotopic (exact) mass is 390 g/mol. The highest BCUT2D eigenvalue weighted by molar-refractivity contribution is 5.89. The second-order valence-corrected chi connectivity index (χ2v) is 8.93. The van der Waals surface area contributed by atoms with Gasteiger partial charge in [-0.3, -0.25) is 0 Å². The summed E-state index contributed by atoms with van der Waals surface area (Å²) in [6, 6.07) is 25.3. The van der Waals surface area contributed by atoms with Crippen LogP contribution in [0.15, 0.2) is 90.0 Å². The number of rotatable bonds is 0. The van der Waals surface area contributed by atoms with Crippen LogP contribution in [-0.2, 0) is 10.8 Å². The maximum absolute atomic E-state index is 2.48. The molecule has 0 aliphatic heterocycles. The van der Waals surface area contributed by atoms with E-state index >= 15 is 0 Å². The number of fused-ring (bicyclic) bond motifs is 10. The van der Waals surface area contributed by atoms with E-state index in [1.165, 1.54) is 44.5 Å². The van der Waals surface area contributed by atoms with Crippen molar-refractivity contribution in [1.29, 1.82) is 0 Å². The maximum Gasteiger partial charge on any atom is 0.0688 e. The maximum atomic E-state index is 2.48. The van der Waals surface area contributed by atoms with Gasteiger partial charge >= 0.3 is 0 Å². The molecular weight excluding hydrogens is 360 g/mol. The fourth-order valence-corrected chi connectivity index (χ4v) is 6.11. The van der Waals surface area contributed by atoms with Crippen LogP contribution in [0, 0.1) is 6.92 Å². The Hall–Kier alpha value is -2.86. The zero-order chi connectivity index (χ0) is 21.1. The third-order valence-corrected chi connectivity index (χ3v) is 7.33. The van der Waals surface area contributed by atoms with Gasteiger partial charge in [-0.2, -0.15) is 0 Å². The molecular formula is C30H30. The van der Waals surface area contributed by atoms with Crippen LogP contribution in [0.1, 0.15) is 61.9 Å². The molecule has 1 unspecified atom stereocenters. The summed E-state index contributed by atoms with van der Waals surface area (Å²) in [6.07, 6.45) is 5.98. The lowest BCUT2D eigenvalue weighted by molar-refractivity contribution is 0.540. The van der Waals surface area contributed by atoms with E-state index in [-0.39, 0.29) is 10.8 Å². The Morgan fingerprint density at radius 1 is 0.700 bits per heavy atom. The van der Waals surface area contributed by atoms with Crippen LogP contribution in [0.4, 0.5) is 0 Å². The zero-order valence-corrected chi connectivity index (χ0v) is 18.7. The van der Waals surface area contributed by atoms with E-state index in [1.54, 1.807) is 5.57 Å². The molecule has 0 N–H and O–H groups in total. The molecule has 6 rings (SSSR count). The van der Waals surface area contributed by atoms with E-state index in [2.05, 4.69) is 99.7 Å². The predicted molar refractivity (Wildman–Crippen MR) is 128 cm³/mol. The van der Waals surface area contributed by atoms with Crippen molar-refractivity contribution in [1.82, 2.24) is 0 Å². The highest BCUT2D eigenvalue weighted by atomic mass is 14.6. The number of hydrogen-bond acceptors (Lipinski definition) is 0. The summed E-state index contributed by atoms with van der Waals surface area (Å²) in [7, 11) is 0. The molecule has 0 saturated carbocycles. The first-order valence-electron chi connectivity index (χ1n) is 11.3. The van der Waals surface area contributed by atoms with Crippen molar-refractivity contribution < 1.29 is 0 Å². The first-order valence-corrected chi connectivity index (χ1v) is 11.3. The van der Waals surface area contributed by atoms with Crippen molar-refractivity contribution in [2.45, 2.75) is 51.9 Å². The Kier molecular flexibility index (Phi) is 4.19. The van der Waals surface area contributed by atoms with Crippen LogP contribution < -0.4 is 0 Å². The fourth-order valence-electron chi connectivity index (χ4n) is 6.11. The van der Waals surface area contributed by atoms with Crippen LogP contribution >= 0.6 is 0 Å². The van der Waals surface area contributed by atoms with Gasteiger partial charge in [0.25, 0.3) is 0 Å². The first kappa shape index (κ1) is 19.1. The highest BCUT2D eigenvalue weighted by Gasteiger charge is 2.59. The third-order valence-electron chi connectivity index (χ3n) is 7.33. The van der Waals surface area contributed by atoms with E-state index < -0.39 is 0 Å². The second kappa shape index (κ2) is 6.57. The van der Waals surface area contributed by atoms with E-state index in [9.17, 15) is 0 Å². The van der Waals surface area contributed by atoms with Crippen LogP contribution in [-0.4, -0.2) is 0 Å². The summed E-state index contributed by atoms with van der Waals surface area (Å²) in [4.78, 5) is 0. The van der Waals surface area contributed by atoms with Crippen molar-refractivity contribution in [2.75, 3.05) is 0 Å². The quantitative estimate of drug-likeness (QED) is 0.366. The van der Waals surface area contributed by atoms with Gasteiger partial charge in [-0.05, 0) is 59.2 Å². The molecule has 3 aliphatic carbocycles. The second-order valence-electron chi connectivity index (χ2n) is 8.93. The van der Waals surface area contributed by atoms with Gasteiger partial charge in [0.2, 0.25) is 0 Å². The molecule has 0 amide bonds. The minimum absolute atomic E-state index is 0.0487. The highest BCUT2D eigenvalue weighted by Crippen LogP contribution is 2.67. The van der Waals surface area contributed by atoms with Gasteiger partial charge in [0.15, 0.2) is 0 Å². The molecule has 0 heteroatoms. The Balaban J connectivity index is 0.000000937. The van der Waals surface area contributed by atoms with E-state index in [0.717, 1.165) is 6.42 Å². The molecule has 30 heavy (non-hydrogen) atoms. The molecule has 0 fully saturated rings. The van der Waals surface area contributed by atoms with Gasteiger partial charge < -0.3 is 0 Å². The molecule has 0 bridgehead atoms. The molecule has 150 valence electrons. The standard InChI is InChI=1S/C28H24.C2H6/c1-18-12-13-24-25(16-18)28(26-17-19(2)14-15-27(24,26)3)22-10-6-4-8-20(22)21-9-5-7-11-23(21)28;1-2/h4-14,16-17H,15H2,1-3H3;1-2H3. The Labute approximate surface area is 181 Å². The molecule has 3 aromatic carbocycles. The van der Waals surface area contributed by atoms with Crippen molar-refractivity contribution >= 4 is 0 Å². The first-order chi connectivity index (χ1) is 14.6. The summed E-state index contributed by atoms with van der Waals surface area (Å²) in [5, 5.41) is 0.